The normalized spacial score (nSPS) is 15.1. The third-order valence-electron chi connectivity index (χ3n) is 5.59. The summed E-state index contributed by atoms with van der Waals surface area (Å²) in [5, 5.41) is 16.6. The molecule has 0 saturated carbocycles. The van der Waals surface area contributed by atoms with E-state index in [9.17, 15) is 18.3 Å². The van der Waals surface area contributed by atoms with Crippen LogP contribution in [-0.2, 0) is 10.9 Å². The number of aryl methyl sites for hydroxylation is 1. The Kier molecular flexibility index (Phi) is 7.37. The van der Waals surface area contributed by atoms with E-state index in [0.29, 0.717) is 37.1 Å². The minimum absolute atomic E-state index is 0.0560. The fraction of sp³-hybridized carbons (Fsp3) is 0.375. The van der Waals surface area contributed by atoms with Crippen molar-refractivity contribution in [1.82, 2.24) is 15.0 Å². The average Bonchev–Trinajstić information content (AvgIpc) is 2.85. The van der Waals surface area contributed by atoms with Crippen LogP contribution >= 0.6 is 0 Å². The molecule has 1 atom stereocenters. The summed E-state index contributed by atoms with van der Waals surface area (Å²) in [6.07, 6.45) is -4.93. The SMILES string of the molecule is CCNc1nc(-c2cc(NC(O)c3ccnc(C(F)(F)F)c3)ccc2C)cc(N2CCOCC2)n1. The van der Waals surface area contributed by atoms with Crippen molar-refractivity contribution in [1.29, 1.82) is 0 Å². The number of hydrogen-bond acceptors (Lipinski definition) is 8. The number of halogens is 3. The number of aliphatic hydroxyl groups is 1. The van der Waals surface area contributed by atoms with Crippen LogP contribution in [-0.4, -0.2) is 52.9 Å². The maximum Gasteiger partial charge on any atom is 0.433 e. The first-order valence-corrected chi connectivity index (χ1v) is 11.3. The van der Waals surface area contributed by atoms with Crippen molar-refractivity contribution in [3.63, 3.8) is 0 Å². The number of hydrogen-bond donors (Lipinski definition) is 3. The molecular weight excluding hydrogens is 461 g/mol. The number of alkyl halides is 3. The first-order valence-electron chi connectivity index (χ1n) is 11.3. The molecule has 2 aromatic heterocycles. The number of aliphatic hydroxyl groups excluding tert-OH is 1. The highest BCUT2D eigenvalue weighted by molar-refractivity contribution is 5.72. The lowest BCUT2D eigenvalue weighted by atomic mass is 10.0. The van der Waals surface area contributed by atoms with E-state index in [0.717, 1.165) is 42.3 Å². The number of rotatable bonds is 7. The Balaban J connectivity index is 1.63. The van der Waals surface area contributed by atoms with Gasteiger partial charge in [-0.15, -0.1) is 0 Å². The summed E-state index contributed by atoms with van der Waals surface area (Å²) in [6, 6.07) is 9.50. The van der Waals surface area contributed by atoms with Gasteiger partial charge in [-0.05, 0) is 43.7 Å². The first kappa shape index (κ1) is 24.7. The molecule has 3 aromatic rings. The number of ether oxygens (including phenoxy) is 1. The van der Waals surface area contributed by atoms with E-state index in [-0.39, 0.29) is 5.56 Å². The molecule has 1 aliphatic heterocycles. The molecule has 1 saturated heterocycles. The lowest BCUT2D eigenvalue weighted by Gasteiger charge is -2.28. The Labute approximate surface area is 201 Å². The van der Waals surface area contributed by atoms with Crippen LogP contribution in [0.2, 0.25) is 0 Å². The van der Waals surface area contributed by atoms with Gasteiger partial charge >= 0.3 is 6.18 Å². The third kappa shape index (κ3) is 5.98. The van der Waals surface area contributed by atoms with Crippen LogP contribution < -0.4 is 15.5 Å². The zero-order valence-electron chi connectivity index (χ0n) is 19.4. The van der Waals surface area contributed by atoms with Crippen molar-refractivity contribution in [3.8, 4) is 11.3 Å². The number of nitrogens with zero attached hydrogens (tertiary/aromatic N) is 4. The second kappa shape index (κ2) is 10.4. The standard InChI is InChI=1S/C24H27F3N6O2/c1-3-28-23-31-19(14-21(32-23)33-8-10-35-11-9-33)18-13-17(5-4-15(18)2)30-22(34)16-6-7-29-20(12-16)24(25,26)27/h4-7,12-14,22,30,34H,3,8-11H2,1-2H3,(H,28,31,32). The van der Waals surface area contributed by atoms with Crippen LogP contribution in [0.4, 0.5) is 30.6 Å². The molecule has 4 rings (SSSR count). The van der Waals surface area contributed by atoms with Crippen LogP contribution in [0.5, 0.6) is 0 Å². The number of aromatic nitrogens is 3. The summed E-state index contributed by atoms with van der Waals surface area (Å²) in [5.41, 5.74) is 1.97. The highest BCUT2D eigenvalue weighted by Crippen LogP contribution is 2.32. The molecule has 1 aliphatic rings. The molecule has 11 heteroatoms. The van der Waals surface area contributed by atoms with Gasteiger partial charge in [-0.1, -0.05) is 6.07 Å². The molecule has 8 nitrogen and oxygen atoms in total. The van der Waals surface area contributed by atoms with Crippen LogP contribution in [0, 0.1) is 6.92 Å². The summed E-state index contributed by atoms with van der Waals surface area (Å²) < 4.78 is 44.5. The predicted octanol–water partition coefficient (Wildman–Crippen LogP) is 4.24. The number of morpholine rings is 1. The number of pyridine rings is 1. The van der Waals surface area contributed by atoms with E-state index in [1.54, 1.807) is 6.07 Å². The highest BCUT2D eigenvalue weighted by Gasteiger charge is 2.33. The van der Waals surface area contributed by atoms with E-state index in [2.05, 4.69) is 30.5 Å². The quantitative estimate of drug-likeness (QED) is 0.425. The summed E-state index contributed by atoms with van der Waals surface area (Å²) in [4.78, 5) is 14.8. The van der Waals surface area contributed by atoms with E-state index >= 15 is 0 Å². The Morgan fingerprint density at radius 1 is 1.11 bits per heavy atom. The van der Waals surface area contributed by atoms with Crippen molar-refractivity contribution in [2.24, 2.45) is 0 Å². The Bertz CT molecular complexity index is 1170. The van der Waals surface area contributed by atoms with Crippen LogP contribution in [0.3, 0.4) is 0 Å². The molecule has 3 heterocycles. The van der Waals surface area contributed by atoms with Crippen molar-refractivity contribution < 1.29 is 23.0 Å². The van der Waals surface area contributed by atoms with Gasteiger partial charge in [0.15, 0.2) is 6.23 Å². The van der Waals surface area contributed by atoms with Crippen molar-refractivity contribution in [2.45, 2.75) is 26.3 Å². The second-order valence-corrected chi connectivity index (χ2v) is 8.11. The molecule has 0 amide bonds. The van der Waals surface area contributed by atoms with Gasteiger partial charge in [0.1, 0.15) is 11.5 Å². The molecule has 0 spiro atoms. The molecule has 0 bridgehead atoms. The predicted molar refractivity (Wildman–Crippen MR) is 127 cm³/mol. The van der Waals surface area contributed by atoms with Gasteiger partial charge in [0.25, 0.3) is 0 Å². The molecule has 1 fully saturated rings. The van der Waals surface area contributed by atoms with E-state index in [1.165, 1.54) is 6.07 Å². The van der Waals surface area contributed by atoms with Gasteiger partial charge < -0.3 is 25.4 Å². The molecule has 0 radical (unpaired) electrons. The summed E-state index contributed by atoms with van der Waals surface area (Å²) >= 11 is 0. The van der Waals surface area contributed by atoms with Crippen molar-refractivity contribution in [2.75, 3.05) is 48.4 Å². The van der Waals surface area contributed by atoms with E-state index in [4.69, 9.17) is 4.74 Å². The topological polar surface area (TPSA) is 95.4 Å². The minimum Gasteiger partial charge on any atom is -0.378 e. The van der Waals surface area contributed by atoms with Gasteiger partial charge in [-0.3, -0.25) is 4.98 Å². The largest absolute Gasteiger partial charge is 0.433 e. The second-order valence-electron chi connectivity index (χ2n) is 8.11. The summed E-state index contributed by atoms with van der Waals surface area (Å²) in [5.74, 6) is 1.28. The van der Waals surface area contributed by atoms with Crippen LogP contribution in [0.1, 0.15) is 30.0 Å². The number of benzene rings is 1. The fourth-order valence-electron chi connectivity index (χ4n) is 3.76. The maximum atomic E-state index is 13.0. The van der Waals surface area contributed by atoms with Gasteiger partial charge in [0.05, 0.1) is 18.9 Å². The number of anilines is 3. The van der Waals surface area contributed by atoms with E-state index < -0.39 is 18.1 Å². The Hall–Kier alpha value is -3.44. The van der Waals surface area contributed by atoms with Gasteiger partial charge in [0, 0.05) is 48.7 Å². The van der Waals surface area contributed by atoms with Crippen LogP contribution in [0.25, 0.3) is 11.3 Å². The van der Waals surface area contributed by atoms with Crippen molar-refractivity contribution >= 4 is 17.5 Å². The maximum absolute atomic E-state index is 13.0. The molecule has 186 valence electrons. The molecule has 0 aliphatic carbocycles. The first-order chi connectivity index (χ1) is 16.7. The molecule has 1 unspecified atom stereocenters. The molecule has 3 N–H and O–H groups in total. The smallest absolute Gasteiger partial charge is 0.378 e. The zero-order valence-corrected chi connectivity index (χ0v) is 19.4. The Morgan fingerprint density at radius 2 is 1.89 bits per heavy atom. The lowest BCUT2D eigenvalue weighted by Crippen LogP contribution is -2.37. The zero-order chi connectivity index (χ0) is 25.0. The third-order valence-corrected chi connectivity index (χ3v) is 5.59. The van der Waals surface area contributed by atoms with Crippen molar-refractivity contribution in [3.05, 3.63) is 59.4 Å². The lowest BCUT2D eigenvalue weighted by molar-refractivity contribution is -0.141. The van der Waals surface area contributed by atoms with Gasteiger partial charge in [-0.2, -0.15) is 18.2 Å². The van der Waals surface area contributed by atoms with Crippen LogP contribution in [0.15, 0.2) is 42.6 Å². The van der Waals surface area contributed by atoms with Gasteiger partial charge in [0.2, 0.25) is 5.95 Å². The monoisotopic (exact) mass is 488 g/mol. The molecule has 35 heavy (non-hydrogen) atoms. The Morgan fingerprint density at radius 3 is 2.60 bits per heavy atom. The molecule has 1 aromatic carbocycles. The highest BCUT2D eigenvalue weighted by atomic mass is 19.4. The van der Waals surface area contributed by atoms with Gasteiger partial charge in [-0.25, -0.2) is 4.98 Å². The minimum atomic E-state index is -4.60. The average molecular weight is 489 g/mol. The number of nitrogens with one attached hydrogen (secondary N) is 2. The molecular formula is C24H27F3N6O2. The fourth-order valence-corrected chi connectivity index (χ4v) is 3.76. The summed E-state index contributed by atoms with van der Waals surface area (Å²) in [6.45, 7) is 7.25. The van der Waals surface area contributed by atoms with E-state index in [1.807, 2.05) is 32.0 Å². The summed E-state index contributed by atoms with van der Waals surface area (Å²) in [7, 11) is 0.